The van der Waals surface area contributed by atoms with Crippen molar-refractivity contribution in [1.29, 1.82) is 0 Å². The molecule has 0 aliphatic carbocycles. The first kappa shape index (κ1) is 19.2. The summed E-state index contributed by atoms with van der Waals surface area (Å²) in [5.74, 6) is -2.86. The Morgan fingerprint density at radius 1 is 0.931 bits per heavy atom. The average molecular weight is 411 g/mol. The number of anilines is 1. The fraction of sp³-hybridized carbons (Fsp3) is 0.136. The molecule has 1 N–H and O–H groups in total. The van der Waals surface area contributed by atoms with E-state index in [1.54, 1.807) is 24.3 Å². The predicted molar refractivity (Wildman–Crippen MR) is 111 cm³/mol. The van der Waals surface area contributed by atoms with Crippen LogP contribution >= 0.6 is 11.6 Å². The van der Waals surface area contributed by atoms with Crippen molar-refractivity contribution in [3.05, 3.63) is 83.9 Å². The molecule has 0 amide bonds. The first-order chi connectivity index (χ1) is 13.9. The molecule has 29 heavy (non-hydrogen) atoms. The van der Waals surface area contributed by atoms with Crippen LogP contribution < -0.4 is 5.32 Å². The lowest BCUT2D eigenvalue weighted by Gasteiger charge is -2.25. The lowest BCUT2D eigenvalue weighted by Crippen LogP contribution is -2.30. The summed E-state index contributed by atoms with van der Waals surface area (Å²) >= 11 is 6.10. The van der Waals surface area contributed by atoms with Crippen molar-refractivity contribution in [3.8, 4) is 11.1 Å². The number of benzene rings is 2. The van der Waals surface area contributed by atoms with Crippen LogP contribution in [0.1, 0.15) is 18.7 Å². The minimum absolute atomic E-state index is 0.0237. The largest absolute Gasteiger partial charge is 0.356 e. The summed E-state index contributed by atoms with van der Waals surface area (Å²) < 4.78 is 29.0. The lowest BCUT2D eigenvalue weighted by molar-refractivity contribution is -0.000502. The molecule has 1 atom stereocenters. The van der Waals surface area contributed by atoms with E-state index in [9.17, 15) is 8.78 Å². The molecular weight excluding hydrogens is 394 g/mol. The van der Waals surface area contributed by atoms with Gasteiger partial charge < -0.3 is 5.32 Å². The summed E-state index contributed by atoms with van der Waals surface area (Å²) in [6, 6.07) is 18.7. The molecule has 0 bridgehead atoms. The standard InChI is InChI=1S/C22H17ClF2N4/c1-22(24,25)19(17-11-5-6-13-26-17)28-20-18-15(14-8-3-2-4-9-14)10-7-12-16(18)27-21(23)29-20/h2-13,19H,1H3,(H,27,28,29). The van der Waals surface area contributed by atoms with Crippen molar-refractivity contribution >= 4 is 28.3 Å². The maximum atomic E-state index is 14.5. The third kappa shape index (κ3) is 4.03. The summed E-state index contributed by atoms with van der Waals surface area (Å²) in [7, 11) is 0. The number of nitrogens with zero attached hydrogens (tertiary/aromatic N) is 3. The van der Waals surface area contributed by atoms with Gasteiger partial charge in [-0.3, -0.25) is 4.98 Å². The number of nitrogens with one attached hydrogen (secondary N) is 1. The van der Waals surface area contributed by atoms with Crippen LogP contribution in [0.5, 0.6) is 0 Å². The summed E-state index contributed by atoms with van der Waals surface area (Å²) in [6.45, 7) is 0.850. The molecular formula is C22H17ClF2N4. The molecule has 4 aromatic rings. The molecule has 4 rings (SSSR count). The van der Waals surface area contributed by atoms with E-state index in [0.717, 1.165) is 18.1 Å². The van der Waals surface area contributed by atoms with E-state index in [1.165, 1.54) is 6.20 Å². The number of aromatic nitrogens is 3. The minimum atomic E-state index is -3.10. The van der Waals surface area contributed by atoms with Gasteiger partial charge in [-0.15, -0.1) is 0 Å². The Hall–Kier alpha value is -3.12. The van der Waals surface area contributed by atoms with Crippen LogP contribution in [0.4, 0.5) is 14.6 Å². The minimum Gasteiger partial charge on any atom is -0.356 e. The van der Waals surface area contributed by atoms with E-state index in [2.05, 4.69) is 20.3 Å². The van der Waals surface area contributed by atoms with Gasteiger partial charge in [-0.25, -0.2) is 18.7 Å². The second-order valence-electron chi connectivity index (χ2n) is 6.70. The molecule has 0 aliphatic heterocycles. The molecule has 2 aromatic heterocycles. The molecule has 1 unspecified atom stereocenters. The van der Waals surface area contributed by atoms with Crippen molar-refractivity contribution in [2.24, 2.45) is 0 Å². The maximum absolute atomic E-state index is 14.5. The lowest BCUT2D eigenvalue weighted by atomic mass is 10.00. The van der Waals surface area contributed by atoms with E-state index in [0.29, 0.717) is 10.9 Å². The Kier molecular flexibility index (Phi) is 5.11. The first-order valence-electron chi connectivity index (χ1n) is 9.00. The van der Waals surface area contributed by atoms with Crippen molar-refractivity contribution in [2.45, 2.75) is 18.9 Å². The van der Waals surface area contributed by atoms with Gasteiger partial charge in [0.1, 0.15) is 11.9 Å². The highest BCUT2D eigenvalue weighted by Gasteiger charge is 2.37. The number of rotatable bonds is 5. The normalized spacial score (nSPS) is 12.7. The van der Waals surface area contributed by atoms with Crippen LogP contribution in [0.25, 0.3) is 22.0 Å². The Balaban J connectivity index is 1.91. The number of hydrogen-bond donors (Lipinski definition) is 1. The van der Waals surface area contributed by atoms with Crippen LogP contribution in [0.15, 0.2) is 72.9 Å². The predicted octanol–water partition coefficient (Wildman–Crippen LogP) is 6.15. The smallest absolute Gasteiger partial charge is 0.270 e. The van der Waals surface area contributed by atoms with Crippen LogP contribution in [0, 0.1) is 0 Å². The molecule has 0 saturated carbocycles. The molecule has 0 saturated heterocycles. The van der Waals surface area contributed by atoms with Gasteiger partial charge >= 0.3 is 0 Å². The van der Waals surface area contributed by atoms with Gasteiger partial charge in [0.05, 0.1) is 16.6 Å². The zero-order valence-corrected chi connectivity index (χ0v) is 16.2. The first-order valence-corrected chi connectivity index (χ1v) is 9.38. The number of alkyl halides is 2. The molecule has 0 radical (unpaired) electrons. The second-order valence-corrected chi connectivity index (χ2v) is 7.03. The third-order valence-corrected chi connectivity index (χ3v) is 4.72. The van der Waals surface area contributed by atoms with Gasteiger partial charge in [-0.1, -0.05) is 48.5 Å². The molecule has 4 nitrogen and oxygen atoms in total. The van der Waals surface area contributed by atoms with Gasteiger partial charge in [0.25, 0.3) is 5.92 Å². The number of hydrogen-bond acceptors (Lipinski definition) is 4. The Bertz CT molecular complexity index is 1130. The van der Waals surface area contributed by atoms with Crippen molar-refractivity contribution in [3.63, 3.8) is 0 Å². The van der Waals surface area contributed by atoms with E-state index in [1.807, 2.05) is 42.5 Å². The summed E-state index contributed by atoms with van der Waals surface area (Å²) in [6.07, 6.45) is 1.48. The van der Waals surface area contributed by atoms with Crippen molar-refractivity contribution in [2.75, 3.05) is 5.32 Å². The fourth-order valence-corrected chi connectivity index (χ4v) is 3.44. The topological polar surface area (TPSA) is 50.7 Å². The Labute approximate surface area is 171 Å². The molecule has 0 aliphatic rings. The highest BCUT2D eigenvalue weighted by molar-refractivity contribution is 6.29. The average Bonchev–Trinajstić information content (AvgIpc) is 2.71. The van der Waals surface area contributed by atoms with Gasteiger partial charge in [-0.2, -0.15) is 0 Å². The zero-order valence-electron chi connectivity index (χ0n) is 15.5. The van der Waals surface area contributed by atoms with Gasteiger partial charge in [0.2, 0.25) is 5.28 Å². The van der Waals surface area contributed by atoms with Crippen molar-refractivity contribution in [1.82, 2.24) is 15.0 Å². The van der Waals surface area contributed by atoms with Gasteiger partial charge in [-0.05, 0) is 40.9 Å². The van der Waals surface area contributed by atoms with Crippen LogP contribution in [-0.2, 0) is 0 Å². The number of halogens is 3. The van der Waals surface area contributed by atoms with Crippen LogP contribution in [0.2, 0.25) is 5.28 Å². The molecule has 2 heterocycles. The highest BCUT2D eigenvalue weighted by Crippen LogP contribution is 2.38. The zero-order chi connectivity index (χ0) is 20.4. The van der Waals surface area contributed by atoms with Gasteiger partial charge in [0.15, 0.2) is 0 Å². The van der Waals surface area contributed by atoms with E-state index in [-0.39, 0.29) is 16.8 Å². The monoisotopic (exact) mass is 410 g/mol. The molecule has 0 spiro atoms. The van der Waals surface area contributed by atoms with E-state index >= 15 is 0 Å². The maximum Gasteiger partial charge on any atom is 0.270 e. The van der Waals surface area contributed by atoms with Crippen molar-refractivity contribution < 1.29 is 8.78 Å². The Morgan fingerprint density at radius 2 is 1.69 bits per heavy atom. The molecule has 0 fully saturated rings. The fourth-order valence-electron chi connectivity index (χ4n) is 3.26. The molecule has 146 valence electrons. The molecule has 2 aromatic carbocycles. The second kappa shape index (κ2) is 7.72. The van der Waals surface area contributed by atoms with E-state index < -0.39 is 12.0 Å². The number of fused-ring (bicyclic) bond motifs is 1. The van der Waals surface area contributed by atoms with Crippen LogP contribution in [-0.4, -0.2) is 20.9 Å². The highest BCUT2D eigenvalue weighted by atomic mass is 35.5. The summed E-state index contributed by atoms with van der Waals surface area (Å²) in [5, 5.41) is 3.48. The molecule has 7 heteroatoms. The SMILES string of the molecule is CC(F)(F)C(Nc1nc(Cl)nc2cccc(-c3ccccc3)c12)c1ccccn1. The third-order valence-electron chi connectivity index (χ3n) is 4.55. The quantitative estimate of drug-likeness (QED) is 0.401. The summed E-state index contributed by atoms with van der Waals surface area (Å²) in [5.41, 5.74) is 2.51. The van der Waals surface area contributed by atoms with Crippen LogP contribution in [0.3, 0.4) is 0 Å². The Morgan fingerprint density at radius 3 is 2.38 bits per heavy atom. The summed E-state index contributed by atoms with van der Waals surface area (Å²) in [4.78, 5) is 12.6. The number of pyridine rings is 1. The van der Waals surface area contributed by atoms with E-state index in [4.69, 9.17) is 11.6 Å². The van der Waals surface area contributed by atoms with Gasteiger partial charge in [0, 0.05) is 13.1 Å².